The molecular weight excluding hydrogens is 274 g/mol. The first-order valence-electron chi connectivity index (χ1n) is 7.02. The van der Waals surface area contributed by atoms with Gasteiger partial charge in [0, 0.05) is 22.8 Å². The highest BCUT2D eigenvalue weighted by atomic mass is 35.5. The van der Waals surface area contributed by atoms with Gasteiger partial charge in [-0.1, -0.05) is 11.6 Å². The van der Waals surface area contributed by atoms with Crippen LogP contribution >= 0.6 is 11.6 Å². The smallest absolute Gasteiger partial charge is 0.309 e. The summed E-state index contributed by atoms with van der Waals surface area (Å²) in [6, 6.07) is 6.51. The van der Waals surface area contributed by atoms with Crippen molar-refractivity contribution in [2.75, 3.05) is 4.90 Å². The Labute approximate surface area is 125 Å². The maximum atomic E-state index is 11.4. The standard InChI is InChI=1S/C16H22ClNO2/c1-10(2)18-13(9-16(3,4)15(19)20)8-11-7-12(17)5-6-14(11)18/h5-7,10,13H,8-9H2,1-4H3,(H,19,20). The molecule has 0 spiro atoms. The van der Waals surface area contributed by atoms with E-state index in [1.54, 1.807) is 13.8 Å². The summed E-state index contributed by atoms with van der Waals surface area (Å²) in [5.41, 5.74) is 1.69. The van der Waals surface area contributed by atoms with E-state index in [1.807, 2.05) is 18.2 Å². The molecule has 110 valence electrons. The number of fused-ring (bicyclic) bond motifs is 1. The predicted octanol–water partition coefficient (Wildman–Crippen LogP) is 3.98. The van der Waals surface area contributed by atoms with Gasteiger partial charge < -0.3 is 10.0 Å². The molecular formula is C16H22ClNO2. The maximum Gasteiger partial charge on any atom is 0.309 e. The normalized spacial score (nSPS) is 18.5. The van der Waals surface area contributed by atoms with Crippen LogP contribution in [0.3, 0.4) is 0 Å². The Morgan fingerprint density at radius 3 is 2.70 bits per heavy atom. The molecule has 20 heavy (non-hydrogen) atoms. The van der Waals surface area contributed by atoms with Crippen LogP contribution in [0.1, 0.15) is 39.7 Å². The number of carboxylic acids is 1. The Bertz CT molecular complexity index is 525. The molecule has 4 heteroatoms. The van der Waals surface area contributed by atoms with Gasteiger partial charge in [-0.15, -0.1) is 0 Å². The van der Waals surface area contributed by atoms with E-state index in [-0.39, 0.29) is 6.04 Å². The molecule has 1 heterocycles. The lowest BCUT2D eigenvalue weighted by Gasteiger charge is -2.35. The van der Waals surface area contributed by atoms with Crippen LogP contribution in [0.5, 0.6) is 0 Å². The average molecular weight is 296 g/mol. The lowest BCUT2D eigenvalue weighted by atomic mass is 9.84. The molecule has 1 unspecified atom stereocenters. The molecule has 1 atom stereocenters. The number of benzene rings is 1. The Morgan fingerprint density at radius 2 is 2.15 bits per heavy atom. The molecule has 2 rings (SSSR count). The van der Waals surface area contributed by atoms with E-state index in [2.05, 4.69) is 18.7 Å². The lowest BCUT2D eigenvalue weighted by Crippen LogP contribution is -2.42. The molecule has 1 aliphatic rings. The van der Waals surface area contributed by atoms with Crippen molar-refractivity contribution in [3.05, 3.63) is 28.8 Å². The fourth-order valence-electron chi connectivity index (χ4n) is 3.07. The number of hydrogen-bond donors (Lipinski definition) is 1. The van der Waals surface area contributed by atoms with Gasteiger partial charge in [-0.2, -0.15) is 0 Å². The maximum absolute atomic E-state index is 11.4. The molecule has 0 fully saturated rings. The largest absolute Gasteiger partial charge is 0.481 e. The third-order valence-corrected chi connectivity index (χ3v) is 4.28. The third kappa shape index (κ3) is 2.78. The van der Waals surface area contributed by atoms with E-state index in [4.69, 9.17) is 11.6 Å². The average Bonchev–Trinajstić information content (AvgIpc) is 2.64. The molecule has 1 N–H and O–H groups in total. The van der Waals surface area contributed by atoms with Crippen molar-refractivity contribution in [2.24, 2.45) is 5.41 Å². The SMILES string of the molecule is CC(C)N1c2ccc(Cl)cc2CC1CC(C)(C)C(=O)O. The van der Waals surface area contributed by atoms with E-state index in [0.717, 1.165) is 11.4 Å². The lowest BCUT2D eigenvalue weighted by molar-refractivity contribution is -0.147. The summed E-state index contributed by atoms with van der Waals surface area (Å²) in [6.07, 6.45) is 1.50. The van der Waals surface area contributed by atoms with Crippen LogP contribution in [0.15, 0.2) is 18.2 Å². The number of hydrogen-bond acceptors (Lipinski definition) is 2. The number of rotatable bonds is 4. The minimum absolute atomic E-state index is 0.217. The first-order chi connectivity index (χ1) is 9.22. The topological polar surface area (TPSA) is 40.5 Å². The van der Waals surface area contributed by atoms with Gasteiger partial charge in [-0.3, -0.25) is 4.79 Å². The first-order valence-corrected chi connectivity index (χ1v) is 7.40. The van der Waals surface area contributed by atoms with Crippen molar-refractivity contribution in [3.8, 4) is 0 Å². The van der Waals surface area contributed by atoms with E-state index in [1.165, 1.54) is 11.3 Å². The summed E-state index contributed by atoms with van der Waals surface area (Å²) >= 11 is 6.07. The van der Waals surface area contributed by atoms with Gasteiger partial charge in [0.25, 0.3) is 0 Å². The van der Waals surface area contributed by atoms with Crippen molar-refractivity contribution in [1.29, 1.82) is 0 Å². The Morgan fingerprint density at radius 1 is 1.50 bits per heavy atom. The van der Waals surface area contributed by atoms with Crippen molar-refractivity contribution >= 4 is 23.3 Å². The van der Waals surface area contributed by atoms with Crippen LogP contribution in [0, 0.1) is 5.41 Å². The minimum Gasteiger partial charge on any atom is -0.481 e. The third-order valence-electron chi connectivity index (χ3n) is 4.05. The summed E-state index contributed by atoms with van der Waals surface area (Å²) < 4.78 is 0. The fraction of sp³-hybridized carbons (Fsp3) is 0.562. The van der Waals surface area contributed by atoms with Crippen LogP contribution in [-0.4, -0.2) is 23.2 Å². The summed E-state index contributed by atoms with van der Waals surface area (Å²) in [7, 11) is 0. The van der Waals surface area contributed by atoms with E-state index in [9.17, 15) is 9.90 Å². The number of anilines is 1. The van der Waals surface area contributed by atoms with Crippen LogP contribution in [0.4, 0.5) is 5.69 Å². The van der Waals surface area contributed by atoms with E-state index in [0.29, 0.717) is 12.5 Å². The van der Waals surface area contributed by atoms with Gasteiger partial charge in [0.05, 0.1) is 5.41 Å². The molecule has 0 saturated carbocycles. The zero-order valence-electron chi connectivity index (χ0n) is 12.5. The summed E-state index contributed by atoms with van der Waals surface area (Å²) in [5, 5.41) is 10.1. The zero-order valence-corrected chi connectivity index (χ0v) is 13.2. The second-order valence-electron chi connectivity index (χ2n) is 6.53. The van der Waals surface area contributed by atoms with Gasteiger partial charge in [0.2, 0.25) is 0 Å². The molecule has 0 aromatic heterocycles. The zero-order chi connectivity index (χ0) is 15.1. The second kappa shape index (κ2) is 5.28. The highest BCUT2D eigenvalue weighted by Crippen LogP contribution is 2.39. The summed E-state index contributed by atoms with van der Waals surface area (Å²) in [5.74, 6) is -0.741. The van der Waals surface area contributed by atoms with Crippen LogP contribution in [0.25, 0.3) is 0 Å². The van der Waals surface area contributed by atoms with Crippen molar-refractivity contribution in [3.63, 3.8) is 0 Å². The first kappa shape index (κ1) is 15.2. The predicted molar refractivity (Wildman–Crippen MR) is 82.6 cm³/mol. The van der Waals surface area contributed by atoms with E-state index < -0.39 is 11.4 Å². The minimum atomic E-state index is -0.741. The van der Waals surface area contributed by atoms with Crippen molar-refractivity contribution in [2.45, 2.75) is 52.6 Å². The number of halogens is 1. The fourth-order valence-corrected chi connectivity index (χ4v) is 3.26. The highest BCUT2D eigenvalue weighted by molar-refractivity contribution is 6.30. The van der Waals surface area contributed by atoms with Gasteiger partial charge in [0.1, 0.15) is 0 Å². The van der Waals surface area contributed by atoms with Crippen LogP contribution in [0.2, 0.25) is 5.02 Å². The molecule has 0 bridgehead atoms. The number of carboxylic acid groups (broad SMARTS) is 1. The molecule has 3 nitrogen and oxygen atoms in total. The van der Waals surface area contributed by atoms with Gasteiger partial charge in [-0.25, -0.2) is 0 Å². The molecule has 1 aliphatic heterocycles. The van der Waals surface area contributed by atoms with Crippen molar-refractivity contribution < 1.29 is 9.90 Å². The van der Waals surface area contributed by atoms with Crippen molar-refractivity contribution in [1.82, 2.24) is 0 Å². The monoisotopic (exact) mass is 295 g/mol. The number of aliphatic carboxylic acids is 1. The molecule has 1 aromatic carbocycles. The highest BCUT2D eigenvalue weighted by Gasteiger charge is 2.38. The Kier molecular flexibility index (Phi) is 4.01. The number of carbonyl (C=O) groups is 1. The van der Waals surface area contributed by atoms with E-state index >= 15 is 0 Å². The molecule has 0 saturated heterocycles. The molecule has 0 aliphatic carbocycles. The Hall–Kier alpha value is -1.22. The van der Waals surface area contributed by atoms with Crippen LogP contribution in [-0.2, 0) is 11.2 Å². The molecule has 1 aromatic rings. The Balaban J connectivity index is 2.30. The molecule has 0 amide bonds. The van der Waals surface area contributed by atoms with Gasteiger partial charge in [0.15, 0.2) is 0 Å². The summed E-state index contributed by atoms with van der Waals surface area (Å²) in [6.45, 7) is 7.88. The van der Waals surface area contributed by atoms with Gasteiger partial charge in [-0.05, 0) is 64.3 Å². The summed E-state index contributed by atoms with van der Waals surface area (Å²) in [4.78, 5) is 13.7. The van der Waals surface area contributed by atoms with Crippen LogP contribution < -0.4 is 4.90 Å². The second-order valence-corrected chi connectivity index (χ2v) is 6.96. The molecule has 0 radical (unpaired) electrons. The van der Waals surface area contributed by atoms with Gasteiger partial charge >= 0.3 is 5.97 Å². The quantitative estimate of drug-likeness (QED) is 0.913. The number of nitrogens with zero attached hydrogens (tertiary/aromatic N) is 1.